The molecule has 0 spiro atoms. The van der Waals surface area contributed by atoms with Gasteiger partial charge in [0, 0.05) is 30.1 Å². The molecule has 4 rings (SSSR count). The minimum absolute atomic E-state index is 0.0316. The molecular formula is C31H36ClN3O5S. The van der Waals surface area contributed by atoms with Crippen molar-refractivity contribution in [3.63, 3.8) is 0 Å². The maximum Gasteiger partial charge on any atom is 0.244 e. The highest BCUT2D eigenvalue weighted by Gasteiger charge is 2.34. The Morgan fingerprint density at radius 2 is 1.68 bits per heavy atom. The summed E-state index contributed by atoms with van der Waals surface area (Å²) in [5.41, 5.74) is 1.82. The van der Waals surface area contributed by atoms with Crippen LogP contribution in [-0.2, 0) is 32.6 Å². The van der Waals surface area contributed by atoms with Gasteiger partial charge < -0.3 is 15.0 Å². The van der Waals surface area contributed by atoms with E-state index >= 15 is 0 Å². The van der Waals surface area contributed by atoms with Gasteiger partial charge >= 0.3 is 0 Å². The average Bonchev–Trinajstić information content (AvgIpc) is 3.47. The zero-order chi connectivity index (χ0) is 29.4. The minimum Gasteiger partial charge on any atom is -0.497 e. The smallest absolute Gasteiger partial charge is 0.244 e. The summed E-state index contributed by atoms with van der Waals surface area (Å²) in [5.74, 6) is -0.344. The molecular weight excluding hydrogens is 562 g/mol. The number of anilines is 1. The predicted octanol–water partition coefficient (Wildman–Crippen LogP) is 4.81. The summed E-state index contributed by atoms with van der Waals surface area (Å²) in [5, 5.41) is 3.60. The fraction of sp³-hybridized carbons (Fsp3) is 0.355. The van der Waals surface area contributed by atoms with Crippen LogP contribution in [0.25, 0.3) is 0 Å². The molecule has 0 aromatic heterocycles. The van der Waals surface area contributed by atoms with E-state index in [4.69, 9.17) is 16.3 Å². The van der Waals surface area contributed by atoms with Crippen LogP contribution in [0.4, 0.5) is 5.69 Å². The quantitative estimate of drug-likeness (QED) is 0.323. The third-order valence-corrected chi connectivity index (χ3v) is 8.80. The van der Waals surface area contributed by atoms with Gasteiger partial charge in [-0.05, 0) is 42.2 Å². The Balaban J connectivity index is 1.73. The molecule has 3 aromatic rings. The SMILES string of the molecule is COc1cccc(N(CC(=O)N(Cc2ccccc2Cl)C(Cc2ccccc2)C(=O)NC2CCCC2)S(C)(=O)=O)c1. The average molecular weight is 598 g/mol. The molecule has 0 radical (unpaired) electrons. The highest BCUT2D eigenvalue weighted by atomic mass is 35.5. The topological polar surface area (TPSA) is 96.0 Å². The summed E-state index contributed by atoms with van der Waals surface area (Å²) in [6.45, 7) is -0.470. The van der Waals surface area contributed by atoms with E-state index in [1.807, 2.05) is 36.4 Å². The third-order valence-electron chi connectivity index (χ3n) is 7.29. The Hall–Kier alpha value is -3.56. The first kappa shape index (κ1) is 30.4. The van der Waals surface area contributed by atoms with Gasteiger partial charge in [0.05, 0.1) is 19.1 Å². The lowest BCUT2D eigenvalue weighted by Gasteiger charge is -2.34. The molecule has 0 aliphatic heterocycles. The van der Waals surface area contributed by atoms with Crippen LogP contribution in [-0.4, -0.2) is 57.1 Å². The lowest BCUT2D eigenvalue weighted by atomic mass is 10.0. The molecule has 1 aliphatic carbocycles. The maximum absolute atomic E-state index is 14.2. The Kier molecular flexibility index (Phi) is 10.3. The van der Waals surface area contributed by atoms with Crippen molar-refractivity contribution in [3.05, 3.63) is 95.0 Å². The van der Waals surface area contributed by atoms with Gasteiger partial charge in [0.25, 0.3) is 0 Å². The van der Waals surface area contributed by atoms with E-state index in [9.17, 15) is 18.0 Å². The molecule has 1 aliphatic rings. The van der Waals surface area contributed by atoms with Crippen molar-refractivity contribution >= 4 is 39.1 Å². The second-order valence-electron chi connectivity index (χ2n) is 10.3. The zero-order valence-electron chi connectivity index (χ0n) is 23.3. The third kappa shape index (κ3) is 8.24. The van der Waals surface area contributed by atoms with Crippen LogP contribution in [0.2, 0.25) is 5.02 Å². The van der Waals surface area contributed by atoms with E-state index in [1.54, 1.807) is 42.5 Å². The van der Waals surface area contributed by atoms with E-state index in [-0.39, 0.29) is 30.6 Å². The summed E-state index contributed by atoms with van der Waals surface area (Å²) < 4.78 is 32.2. The molecule has 2 amide bonds. The summed E-state index contributed by atoms with van der Waals surface area (Å²) in [6.07, 6.45) is 5.17. The fourth-order valence-corrected chi connectivity index (χ4v) is 6.15. The summed E-state index contributed by atoms with van der Waals surface area (Å²) in [7, 11) is -2.39. The van der Waals surface area contributed by atoms with Crippen molar-refractivity contribution in [2.75, 3.05) is 24.2 Å². The molecule has 8 nitrogen and oxygen atoms in total. The van der Waals surface area contributed by atoms with Gasteiger partial charge in [0.1, 0.15) is 18.3 Å². The van der Waals surface area contributed by atoms with Crippen molar-refractivity contribution in [2.24, 2.45) is 0 Å². The summed E-state index contributed by atoms with van der Waals surface area (Å²) >= 11 is 6.50. The highest BCUT2D eigenvalue weighted by Crippen LogP contribution is 2.26. The Bertz CT molecular complexity index is 1440. The van der Waals surface area contributed by atoms with Crippen molar-refractivity contribution in [1.82, 2.24) is 10.2 Å². The number of hydrogen-bond donors (Lipinski definition) is 1. The van der Waals surface area contributed by atoms with Gasteiger partial charge in [-0.3, -0.25) is 13.9 Å². The monoisotopic (exact) mass is 597 g/mol. The number of methoxy groups -OCH3 is 1. The van der Waals surface area contributed by atoms with E-state index in [0.29, 0.717) is 16.3 Å². The van der Waals surface area contributed by atoms with Gasteiger partial charge in [-0.15, -0.1) is 0 Å². The number of carbonyl (C=O) groups excluding carboxylic acids is 2. The lowest BCUT2D eigenvalue weighted by molar-refractivity contribution is -0.140. The largest absolute Gasteiger partial charge is 0.497 e. The molecule has 218 valence electrons. The first-order chi connectivity index (χ1) is 19.7. The Morgan fingerprint density at radius 3 is 2.34 bits per heavy atom. The first-order valence-corrected chi connectivity index (χ1v) is 15.9. The number of amides is 2. The molecule has 0 saturated heterocycles. The molecule has 0 heterocycles. The van der Waals surface area contributed by atoms with E-state index < -0.39 is 28.5 Å². The standard InChI is InChI=1S/C31H36ClN3O5S/c1-40-27-17-10-16-26(20-27)35(41(2,38)39)22-30(36)34(21-24-13-6-9-18-28(24)32)29(19-23-11-4-3-5-12-23)31(37)33-25-14-7-8-15-25/h3-6,9-13,16-18,20,25,29H,7-8,14-15,19,21-22H2,1-2H3,(H,33,37). The number of rotatable bonds is 12. The summed E-state index contributed by atoms with van der Waals surface area (Å²) in [6, 6.07) is 22.3. The van der Waals surface area contributed by atoms with Gasteiger partial charge in [-0.25, -0.2) is 8.42 Å². The van der Waals surface area contributed by atoms with Crippen LogP contribution in [0.3, 0.4) is 0 Å². The van der Waals surface area contributed by atoms with Crippen LogP contribution in [0.5, 0.6) is 5.75 Å². The van der Waals surface area contributed by atoms with E-state index in [2.05, 4.69) is 5.32 Å². The Labute approximate surface area is 247 Å². The van der Waals surface area contributed by atoms with Crippen LogP contribution in [0.1, 0.15) is 36.8 Å². The van der Waals surface area contributed by atoms with E-state index in [0.717, 1.165) is 41.8 Å². The van der Waals surface area contributed by atoms with Crippen LogP contribution < -0.4 is 14.4 Å². The molecule has 41 heavy (non-hydrogen) atoms. The second-order valence-corrected chi connectivity index (χ2v) is 12.6. The maximum atomic E-state index is 14.2. The summed E-state index contributed by atoms with van der Waals surface area (Å²) in [4.78, 5) is 29.5. The van der Waals surface area contributed by atoms with Crippen LogP contribution in [0, 0.1) is 0 Å². The van der Waals surface area contributed by atoms with Crippen molar-refractivity contribution in [2.45, 2.75) is 50.7 Å². The van der Waals surface area contributed by atoms with Crippen molar-refractivity contribution < 1.29 is 22.7 Å². The number of halogens is 1. The molecule has 1 saturated carbocycles. The van der Waals surface area contributed by atoms with Gasteiger partial charge in [0.2, 0.25) is 21.8 Å². The van der Waals surface area contributed by atoms with Gasteiger partial charge in [0.15, 0.2) is 0 Å². The van der Waals surface area contributed by atoms with Crippen molar-refractivity contribution in [3.8, 4) is 5.75 Å². The predicted molar refractivity (Wildman–Crippen MR) is 162 cm³/mol. The second kappa shape index (κ2) is 13.9. The van der Waals surface area contributed by atoms with Crippen LogP contribution in [0.15, 0.2) is 78.9 Å². The van der Waals surface area contributed by atoms with Gasteiger partial charge in [-0.2, -0.15) is 0 Å². The fourth-order valence-electron chi connectivity index (χ4n) is 5.11. The highest BCUT2D eigenvalue weighted by molar-refractivity contribution is 7.92. The number of nitrogens with zero attached hydrogens (tertiary/aromatic N) is 2. The molecule has 1 fully saturated rings. The number of sulfonamides is 1. The van der Waals surface area contributed by atoms with Crippen LogP contribution >= 0.6 is 11.6 Å². The number of carbonyl (C=O) groups is 2. The Morgan fingerprint density at radius 1 is 1.00 bits per heavy atom. The normalized spacial score (nSPS) is 14.3. The number of hydrogen-bond acceptors (Lipinski definition) is 5. The molecule has 1 atom stereocenters. The molecule has 10 heteroatoms. The van der Waals surface area contributed by atoms with Crippen molar-refractivity contribution in [1.29, 1.82) is 0 Å². The number of nitrogens with one attached hydrogen (secondary N) is 1. The zero-order valence-corrected chi connectivity index (χ0v) is 24.9. The van der Waals surface area contributed by atoms with Gasteiger partial charge in [-0.1, -0.05) is 79.0 Å². The minimum atomic E-state index is -3.87. The number of benzene rings is 3. The van der Waals surface area contributed by atoms with E-state index in [1.165, 1.54) is 12.0 Å². The molecule has 3 aromatic carbocycles. The molecule has 0 bridgehead atoms. The molecule has 1 N–H and O–H groups in total. The molecule has 1 unspecified atom stereocenters. The first-order valence-electron chi connectivity index (χ1n) is 13.6. The lowest BCUT2D eigenvalue weighted by Crippen LogP contribution is -2.54. The number of ether oxygens (including phenoxy) is 1.